The third-order valence-electron chi connectivity index (χ3n) is 6.49. The maximum absolute atomic E-state index is 12.6. The van der Waals surface area contributed by atoms with Crippen LogP contribution >= 0.6 is 0 Å². The maximum atomic E-state index is 12.6. The van der Waals surface area contributed by atoms with Gasteiger partial charge < -0.3 is 15.4 Å². The van der Waals surface area contributed by atoms with Gasteiger partial charge in [-0.25, -0.2) is 4.79 Å². The summed E-state index contributed by atoms with van der Waals surface area (Å²) in [4.78, 5) is 27.0. The smallest absolute Gasteiger partial charge is 0.338 e. The molecule has 0 spiro atoms. The molecule has 1 heterocycles. The van der Waals surface area contributed by atoms with Crippen molar-refractivity contribution in [2.24, 2.45) is 5.73 Å². The standard InChI is InChI=1S/C28H30N2O3/c1-3-33-28(32)22-14-12-21(13-15-22)26(27(29)31)19(2)24-10-6-7-11-25(24)30-17-16-20-8-4-5-9-23(20)18-30/h4-15,19,26H,3,16-18H2,1-2H3,(H2,29,31). The van der Waals surface area contributed by atoms with Gasteiger partial charge in [-0.3, -0.25) is 4.79 Å². The molecule has 5 heteroatoms. The second-order valence-corrected chi connectivity index (χ2v) is 8.51. The summed E-state index contributed by atoms with van der Waals surface area (Å²) in [7, 11) is 0. The SMILES string of the molecule is CCOC(=O)c1ccc(C(C(N)=O)C(C)c2ccccc2N2CCc3ccccc3C2)cc1. The third-order valence-corrected chi connectivity index (χ3v) is 6.49. The van der Waals surface area contributed by atoms with Crippen molar-refractivity contribution in [1.82, 2.24) is 0 Å². The number of hydrogen-bond acceptors (Lipinski definition) is 4. The fourth-order valence-corrected chi connectivity index (χ4v) is 4.78. The molecule has 1 amide bonds. The second-order valence-electron chi connectivity index (χ2n) is 8.51. The van der Waals surface area contributed by atoms with E-state index in [9.17, 15) is 9.59 Å². The summed E-state index contributed by atoms with van der Waals surface area (Å²) in [5, 5.41) is 0. The number of anilines is 1. The fourth-order valence-electron chi connectivity index (χ4n) is 4.78. The van der Waals surface area contributed by atoms with E-state index in [0.29, 0.717) is 12.2 Å². The number of para-hydroxylation sites is 1. The highest BCUT2D eigenvalue weighted by atomic mass is 16.5. The molecule has 0 saturated carbocycles. The molecule has 5 nitrogen and oxygen atoms in total. The van der Waals surface area contributed by atoms with Crippen LogP contribution in [0.2, 0.25) is 0 Å². The molecule has 170 valence electrons. The van der Waals surface area contributed by atoms with Crippen LogP contribution in [0, 0.1) is 0 Å². The highest BCUT2D eigenvalue weighted by Crippen LogP contribution is 2.39. The van der Waals surface area contributed by atoms with Crippen LogP contribution in [0.3, 0.4) is 0 Å². The lowest BCUT2D eigenvalue weighted by molar-refractivity contribution is -0.119. The molecular weight excluding hydrogens is 412 g/mol. The Labute approximate surface area is 195 Å². The highest BCUT2D eigenvalue weighted by Gasteiger charge is 2.29. The lowest BCUT2D eigenvalue weighted by Gasteiger charge is -2.34. The number of fused-ring (bicyclic) bond motifs is 1. The van der Waals surface area contributed by atoms with Crippen LogP contribution < -0.4 is 10.6 Å². The van der Waals surface area contributed by atoms with Crippen molar-refractivity contribution in [3.63, 3.8) is 0 Å². The number of carbonyl (C=O) groups is 2. The highest BCUT2D eigenvalue weighted by molar-refractivity contribution is 5.90. The van der Waals surface area contributed by atoms with E-state index in [4.69, 9.17) is 10.5 Å². The minimum absolute atomic E-state index is 0.135. The number of nitrogens with two attached hydrogens (primary N) is 1. The first-order valence-corrected chi connectivity index (χ1v) is 11.5. The topological polar surface area (TPSA) is 72.6 Å². The van der Waals surface area contributed by atoms with Crippen molar-refractivity contribution < 1.29 is 14.3 Å². The molecule has 1 aliphatic rings. The minimum atomic E-state index is -0.514. The first kappa shape index (κ1) is 22.6. The van der Waals surface area contributed by atoms with Gasteiger partial charge in [-0.15, -0.1) is 0 Å². The summed E-state index contributed by atoms with van der Waals surface area (Å²) >= 11 is 0. The van der Waals surface area contributed by atoms with E-state index in [0.717, 1.165) is 36.3 Å². The van der Waals surface area contributed by atoms with E-state index in [1.165, 1.54) is 11.1 Å². The van der Waals surface area contributed by atoms with E-state index in [2.05, 4.69) is 41.3 Å². The van der Waals surface area contributed by atoms with Crippen LogP contribution in [0.5, 0.6) is 0 Å². The fraction of sp³-hybridized carbons (Fsp3) is 0.286. The van der Waals surface area contributed by atoms with Crippen LogP contribution in [0.25, 0.3) is 0 Å². The van der Waals surface area contributed by atoms with Crippen LogP contribution in [-0.4, -0.2) is 25.0 Å². The third kappa shape index (κ3) is 4.77. The summed E-state index contributed by atoms with van der Waals surface area (Å²) < 4.78 is 5.06. The van der Waals surface area contributed by atoms with Crippen molar-refractivity contribution in [2.75, 3.05) is 18.1 Å². The number of ether oxygens (including phenoxy) is 1. The van der Waals surface area contributed by atoms with E-state index < -0.39 is 5.92 Å². The van der Waals surface area contributed by atoms with Gasteiger partial charge in [0.25, 0.3) is 0 Å². The van der Waals surface area contributed by atoms with Crippen LogP contribution in [0.15, 0.2) is 72.8 Å². The first-order valence-electron chi connectivity index (χ1n) is 11.5. The summed E-state index contributed by atoms with van der Waals surface area (Å²) in [6.45, 7) is 5.91. The van der Waals surface area contributed by atoms with Crippen molar-refractivity contribution >= 4 is 17.6 Å². The zero-order valence-electron chi connectivity index (χ0n) is 19.2. The molecule has 0 aliphatic carbocycles. The molecule has 4 rings (SSSR count). The van der Waals surface area contributed by atoms with Crippen LogP contribution in [-0.2, 0) is 22.5 Å². The van der Waals surface area contributed by atoms with Crippen LogP contribution in [0.1, 0.15) is 58.3 Å². The summed E-state index contributed by atoms with van der Waals surface area (Å²) in [6.07, 6.45) is 0.994. The Morgan fingerprint density at radius 1 is 0.970 bits per heavy atom. The molecule has 0 radical (unpaired) electrons. The van der Waals surface area contributed by atoms with E-state index in [1.54, 1.807) is 31.2 Å². The number of primary amides is 1. The van der Waals surface area contributed by atoms with Gasteiger partial charge in [0.15, 0.2) is 0 Å². The molecule has 3 aromatic carbocycles. The largest absolute Gasteiger partial charge is 0.462 e. The average molecular weight is 443 g/mol. The number of carbonyl (C=O) groups excluding carboxylic acids is 2. The van der Waals surface area contributed by atoms with E-state index >= 15 is 0 Å². The van der Waals surface area contributed by atoms with Gasteiger partial charge in [-0.2, -0.15) is 0 Å². The van der Waals surface area contributed by atoms with Gasteiger partial charge in [0.2, 0.25) is 5.91 Å². The maximum Gasteiger partial charge on any atom is 0.338 e. The summed E-state index contributed by atoms with van der Waals surface area (Å²) in [6, 6.07) is 23.8. The van der Waals surface area contributed by atoms with E-state index in [-0.39, 0.29) is 17.8 Å². The normalized spacial score (nSPS) is 14.8. The molecule has 2 unspecified atom stereocenters. The Morgan fingerprint density at radius 2 is 1.64 bits per heavy atom. The molecule has 2 atom stereocenters. The van der Waals surface area contributed by atoms with Gasteiger partial charge in [-0.05, 0) is 59.7 Å². The molecule has 0 saturated heterocycles. The number of esters is 1. The Balaban J connectivity index is 1.63. The Kier molecular flexibility index (Phi) is 6.78. The predicted octanol–water partition coefficient (Wildman–Crippen LogP) is 4.80. The zero-order valence-corrected chi connectivity index (χ0v) is 19.2. The molecule has 2 N–H and O–H groups in total. The lowest BCUT2D eigenvalue weighted by Crippen LogP contribution is -2.32. The van der Waals surface area contributed by atoms with E-state index in [1.807, 2.05) is 19.1 Å². The Bertz CT molecular complexity index is 1140. The number of hydrogen-bond donors (Lipinski definition) is 1. The molecule has 1 aliphatic heterocycles. The van der Waals surface area contributed by atoms with Crippen LogP contribution in [0.4, 0.5) is 5.69 Å². The number of benzene rings is 3. The molecule has 33 heavy (non-hydrogen) atoms. The van der Waals surface area contributed by atoms with Crippen molar-refractivity contribution in [3.8, 4) is 0 Å². The van der Waals surface area contributed by atoms with Gasteiger partial charge >= 0.3 is 5.97 Å². The molecule has 0 fully saturated rings. The number of nitrogens with zero attached hydrogens (tertiary/aromatic N) is 1. The quantitative estimate of drug-likeness (QED) is 0.534. The first-order chi connectivity index (χ1) is 16.0. The van der Waals surface area contributed by atoms with Crippen molar-refractivity contribution in [1.29, 1.82) is 0 Å². The molecule has 3 aromatic rings. The van der Waals surface area contributed by atoms with Gasteiger partial charge in [0, 0.05) is 18.8 Å². The van der Waals surface area contributed by atoms with Gasteiger partial charge in [0.1, 0.15) is 0 Å². The van der Waals surface area contributed by atoms with Crippen molar-refractivity contribution in [3.05, 3.63) is 101 Å². The van der Waals surface area contributed by atoms with Gasteiger partial charge in [-0.1, -0.05) is 61.5 Å². The van der Waals surface area contributed by atoms with Gasteiger partial charge in [0.05, 0.1) is 18.1 Å². The zero-order chi connectivity index (χ0) is 23.4. The number of rotatable bonds is 7. The molecule has 0 aromatic heterocycles. The predicted molar refractivity (Wildman–Crippen MR) is 130 cm³/mol. The number of amides is 1. The Hall–Kier alpha value is -3.60. The van der Waals surface area contributed by atoms with Crippen molar-refractivity contribution in [2.45, 2.75) is 38.6 Å². The average Bonchev–Trinajstić information content (AvgIpc) is 2.84. The summed E-state index contributed by atoms with van der Waals surface area (Å²) in [5.41, 5.74) is 12.1. The molecular formula is C28H30N2O3. The molecule has 0 bridgehead atoms. The minimum Gasteiger partial charge on any atom is -0.462 e. The Morgan fingerprint density at radius 3 is 2.33 bits per heavy atom. The lowest BCUT2D eigenvalue weighted by atomic mass is 9.81. The second kappa shape index (κ2) is 9.90. The monoisotopic (exact) mass is 442 g/mol. The summed E-state index contributed by atoms with van der Waals surface area (Å²) in [5.74, 6) is -1.41.